The van der Waals surface area contributed by atoms with E-state index in [2.05, 4.69) is 15.3 Å². The molecule has 1 saturated carbocycles. The molecule has 4 nitrogen and oxygen atoms in total. The number of aromatic nitrogens is 2. The van der Waals surface area contributed by atoms with Gasteiger partial charge in [-0.25, -0.2) is 9.97 Å². The predicted molar refractivity (Wildman–Crippen MR) is 83.2 cm³/mol. The molecule has 7 heteroatoms. The van der Waals surface area contributed by atoms with Crippen LogP contribution in [0.15, 0.2) is 18.2 Å². The van der Waals surface area contributed by atoms with Crippen LogP contribution in [0.25, 0.3) is 0 Å². The number of benzene rings is 1. The lowest BCUT2D eigenvalue weighted by Gasteiger charge is -2.10. The van der Waals surface area contributed by atoms with Crippen LogP contribution in [0.2, 0.25) is 15.1 Å². The van der Waals surface area contributed by atoms with E-state index in [1.807, 2.05) is 0 Å². The molecule has 20 heavy (non-hydrogen) atoms. The Bertz CT molecular complexity index is 671. The Morgan fingerprint density at radius 2 is 1.70 bits per heavy atom. The fourth-order valence-electron chi connectivity index (χ4n) is 1.83. The largest absolute Gasteiger partial charge is 0.384 e. The summed E-state index contributed by atoms with van der Waals surface area (Å²) in [7, 11) is 0. The number of nitrogens with zero attached hydrogens (tertiary/aromatic N) is 2. The van der Waals surface area contributed by atoms with Crippen LogP contribution in [-0.2, 0) is 0 Å². The molecule has 104 valence electrons. The van der Waals surface area contributed by atoms with E-state index in [0.717, 1.165) is 18.7 Å². The van der Waals surface area contributed by atoms with Crippen molar-refractivity contribution in [2.24, 2.45) is 0 Å². The van der Waals surface area contributed by atoms with E-state index in [0.29, 0.717) is 38.3 Å². The number of rotatable bonds is 3. The summed E-state index contributed by atoms with van der Waals surface area (Å²) in [4.78, 5) is 8.69. The summed E-state index contributed by atoms with van der Waals surface area (Å²) in [6.07, 6.45) is 2.22. The Morgan fingerprint density at radius 1 is 1.00 bits per heavy atom. The van der Waals surface area contributed by atoms with E-state index >= 15 is 0 Å². The van der Waals surface area contributed by atoms with Gasteiger partial charge < -0.3 is 11.1 Å². The molecule has 1 fully saturated rings. The number of nitrogens with two attached hydrogens (primary N) is 1. The molecule has 1 heterocycles. The van der Waals surface area contributed by atoms with Crippen molar-refractivity contribution in [3.8, 4) is 0 Å². The molecule has 0 unspecified atom stereocenters. The number of hydrogen-bond donors (Lipinski definition) is 2. The average molecular weight is 330 g/mol. The molecule has 1 aromatic heterocycles. The number of anilines is 3. The number of halogens is 3. The number of nitrogen functional groups attached to an aromatic ring is 1. The summed E-state index contributed by atoms with van der Waals surface area (Å²) in [6.45, 7) is 0. The lowest BCUT2D eigenvalue weighted by molar-refractivity contribution is 0.936. The van der Waals surface area contributed by atoms with Gasteiger partial charge in [0, 0.05) is 12.0 Å². The molecule has 2 aromatic rings. The van der Waals surface area contributed by atoms with Gasteiger partial charge in [-0.3, -0.25) is 0 Å². The van der Waals surface area contributed by atoms with E-state index in [1.54, 1.807) is 18.2 Å². The second-order valence-electron chi connectivity index (χ2n) is 4.68. The SMILES string of the molecule is Nc1cc(Nc2cc(Cl)c(Cl)cc2Cl)nc(C2CC2)n1. The van der Waals surface area contributed by atoms with Crippen molar-refractivity contribution in [2.75, 3.05) is 11.1 Å². The average Bonchev–Trinajstić information content (AvgIpc) is 3.19. The Morgan fingerprint density at radius 3 is 2.40 bits per heavy atom. The minimum atomic E-state index is 0.406. The first-order chi connectivity index (χ1) is 9.52. The van der Waals surface area contributed by atoms with Crippen LogP contribution in [0.1, 0.15) is 24.6 Å². The lowest BCUT2D eigenvalue weighted by Crippen LogP contribution is -2.03. The van der Waals surface area contributed by atoms with Crippen LogP contribution >= 0.6 is 34.8 Å². The smallest absolute Gasteiger partial charge is 0.136 e. The van der Waals surface area contributed by atoms with Crippen LogP contribution < -0.4 is 11.1 Å². The molecule has 0 aliphatic heterocycles. The van der Waals surface area contributed by atoms with Gasteiger partial charge in [-0.05, 0) is 25.0 Å². The van der Waals surface area contributed by atoms with Gasteiger partial charge in [0.25, 0.3) is 0 Å². The summed E-state index contributed by atoms with van der Waals surface area (Å²) in [6, 6.07) is 4.90. The molecule has 3 rings (SSSR count). The zero-order valence-corrected chi connectivity index (χ0v) is 12.6. The molecule has 0 amide bonds. The van der Waals surface area contributed by atoms with Gasteiger partial charge in [0.05, 0.1) is 20.8 Å². The minimum absolute atomic E-state index is 0.406. The molecule has 1 aliphatic rings. The first-order valence-electron chi connectivity index (χ1n) is 6.09. The second kappa shape index (κ2) is 5.28. The monoisotopic (exact) mass is 328 g/mol. The van der Waals surface area contributed by atoms with Crippen molar-refractivity contribution >= 4 is 52.1 Å². The maximum atomic E-state index is 6.13. The molecule has 0 bridgehead atoms. The predicted octanol–water partition coefficient (Wildman–Crippen LogP) is 4.64. The quantitative estimate of drug-likeness (QED) is 0.805. The van der Waals surface area contributed by atoms with Gasteiger partial charge in [-0.15, -0.1) is 0 Å². The highest BCUT2D eigenvalue weighted by Crippen LogP contribution is 2.39. The lowest BCUT2D eigenvalue weighted by atomic mass is 10.3. The topological polar surface area (TPSA) is 63.8 Å². The maximum absolute atomic E-state index is 6.13. The summed E-state index contributed by atoms with van der Waals surface area (Å²) in [5.41, 5.74) is 6.43. The molecular weight excluding hydrogens is 319 g/mol. The summed E-state index contributed by atoms with van der Waals surface area (Å²) < 4.78 is 0. The van der Waals surface area contributed by atoms with E-state index in [-0.39, 0.29) is 0 Å². The van der Waals surface area contributed by atoms with Crippen LogP contribution in [0, 0.1) is 0 Å². The Kier molecular flexibility index (Phi) is 3.63. The Balaban J connectivity index is 1.92. The van der Waals surface area contributed by atoms with Crippen molar-refractivity contribution in [2.45, 2.75) is 18.8 Å². The Hall–Kier alpha value is -1.23. The third-order valence-electron chi connectivity index (χ3n) is 2.98. The van der Waals surface area contributed by atoms with Crippen molar-refractivity contribution in [3.05, 3.63) is 39.1 Å². The highest BCUT2D eigenvalue weighted by Gasteiger charge is 2.27. The van der Waals surface area contributed by atoms with Crippen molar-refractivity contribution in [1.82, 2.24) is 9.97 Å². The highest BCUT2D eigenvalue weighted by atomic mass is 35.5. The van der Waals surface area contributed by atoms with Crippen LogP contribution in [0.5, 0.6) is 0 Å². The van der Waals surface area contributed by atoms with Crippen LogP contribution in [-0.4, -0.2) is 9.97 Å². The second-order valence-corrected chi connectivity index (χ2v) is 5.90. The van der Waals surface area contributed by atoms with Crippen LogP contribution in [0.3, 0.4) is 0 Å². The normalized spacial score (nSPS) is 14.3. The van der Waals surface area contributed by atoms with Gasteiger partial charge in [0.1, 0.15) is 17.5 Å². The first-order valence-corrected chi connectivity index (χ1v) is 7.22. The molecule has 0 atom stereocenters. The summed E-state index contributed by atoms with van der Waals surface area (Å²) in [5.74, 6) is 2.22. The van der Waals surface area contributed by atoms with Crippen molar-refractivity contribution < 1.29 is 0 Å². The maximum Gasteiger partial charge on any atom is 0.136 e. The first kappa shape index (κ1) is 13.7. The van der Waals surface area contributed by atoms with E-state index < -0.39 is 0 Å². The fraction of sp³-hybridized carbons (Fsp3) is 0.231. The van der Waals surface area contributed by atoms with Gasteiger partial charge in [-0.2, -0.15) is 0 Å². The van der Waals surface area contributed by atoms with E-state index in [1.165, 1.54) is 0 Å². The number of nitrogens with one attached hydrogen (secondary N) is 1. The molecule has 1 aromatic carbocycles. The molecule has 0 radical (unpaired) electrons. The zero-order chi connectivity index (χ0) is 14.3. The minimum Gasteiger partial charge on any atom is -0.384 e. The third-order valence-corrected chi connectivity index (χ3v) is 4.01. The van der Waals surface area contributed by atoms with Gasteiger partial charge in [0.2, 0.25) is 0 Å². The van der Waals surface area contributed by atoms with Crippen molar-refractivity contribution in [1.29, 1.82) is 0 Å². The number of hydrogen-bond acceptors (Lipinski definition) is 4. The van der Waals surface area contributed by atoms with E-state index in [4.69, 9.17) is 40.5 Å². The van der Waals surface area contributed by atoms with Crippen LogP contribution in [0.4, 0.5) is 17.3 Å². The van der Waals surface area contributed by atoms with Gasteiger partial charge in [0.15, 0.2) is 0 Å². The molecule has 3 N–H and O–H groups in total. The fourth-order valence-corrected chi connectivity index (χ4v) is 2.42. The molecular formula is C13H11Cl3N4. The van der Waals surface area contributed by atoms with Crippen molar-refractivity contribution in [3.63, 3.8) is 0 Å². The summed E-state index contributed by atoms with van der Waals surface area (Å²) >= 11 is 18.0. The summed E-state index contributed by atoms with van der Waals surface area (Å²) in [5, 5.41) is 4.39. The third kappa shape index (κ3) is 2.92. The standard InChI is InChI=1S/C13H11Cl3N4/c14-7-3-9(16)10(4-8(7)15)18-12-5-11(17)19-13(20-12)6-1-2-6/h3-6H,1-2H2,(H3,17,18,19,20). The highest BCUT2D eigenvalue weighted by molar-refractivity contribution is 6.44. The van der Waals surface area contributed by atoms with Gasteiger partial charge in [-0.1, -0.05) is 34.8 Å². The van der Waals surface area contributed by atoms with Gasteiger partial charge >= 0.3 is 0 Å². The molecule has 0 spiro atoms. The molecule has 1 aliphatic carbocycles. The van der Waals surface area contributed by atoms with E-state index in [9.17, 15) is 0 Å². The zero-order valence-electron chi connectivity index (χ0n) is 10.3. The molecule has 0 saturated heterocycles. The Labute approximate surface area is 131 Å².